The Labute approximate surface area is 143 Å². The summed E-state index contributed by atoms with van der Waals surface area (Å²) in [6.07, 6.45) is 5.07. The third-order valence-electron chi connectivity index (χ3n) is 4.11. The van der Waals surface area contributed by atoms with Gasteiger partial charge in [0.25, 0.3) is 5.91 Å². The van der Waals surface area contributed by atoms with Gasteiger partial charge in [0, 0.05) is 44.8 Å². The molecule has 1 amide bonds. The summed E-state index contributed by atoms with van der Waals surface area (Å²) in [6.45, 7) is 2.64. The Bertz CT molecular complexity index is 873. The molecule has 1 fully saturated rings. The summed E-state index contributed by atoms with van der Waals surface area (Å²) < 4.78 is 1.88. The van der Waals surface area contributed by atoms with Crippen LogP contribution in [0.2, 0.25) is 5.02 Å². The van der Waals surface area contributed by atoms with Gasteiger partial charge in [-0.25, -0.2) is 0 Å². The van der Waals surface area contributed by atoms with Gasteiger partial charge in [0.05, 0.1) is 10.6 Å². The van der Waals surface area contributed by atoms with Crippen molar-refractivity contribution >= 4 is 29.1 Å². The van der Waals surface area contributed by atoms with Crippen molar-refractivity contribution in [1.82, 2.24) is 24.5 Å². The minimum atomic E-state index is 0.0110. The number of hydrogen-bond acceptors (Lipinski definition) is 5. The summed E-state index contributed by atoms with van der Waals surface area (Å²) in [5.41, 5.74) is 1.37. The van der Waals surface area contributed by atoms with E-state index in [0.717, 1.165) is 11.6 Å². The Balaban J connectivity index is 1.49. The number of nitrogens with zero attached hydrogens (tertiary/aromatic N) is 6. The molecule has 3 aromatic rings. The number of carbonyl (C=O) groups is 1. The number of fused-ring (bicyclic) bond motifs is 1. The first-order chi connectivity index (χ1) is 11.7. The molecule has 0 unspecified atom stereocenters. The largest absolute Gasteiger partial charge is 0.337 e. The van der Waals surface area contributed by atoms with E-state index in [1.54, 1.807) is 36.8 Å². The zero-order chi connectivity index (χ0) is 16.5. The van der Waals surface area contributed by atoms with Crippen molar-refractivity contribution in [3.8, 4) is 0 Å². The fourth-order valence-electron chi connectivity index (χ4n) is 2.85. The van der Waals surface area contributed by atoms with Crippen LogP contribution in [-0.2, 0) is 0 Å². The van der Waals surface area contributed by atoms with Gasteiger partial charge in [0.15, 0.2) is 5.65 Å². The maximum atomic E-state index is 12.5. The number of aromatic nitrogens is 4. The van der Waals surface area contributed by atoms with Crippen LogP contribution in [0.25, 0.3) is 5.65 Å². The highest BCUT2D eigenvalue weighted by Crippen LogP contribution is 2.19. The predicted molar refractivity (Wildman–Crippen MR) is 90.4 cm³/mol. The molecular weight excluding hydrogens is 328 g/mol. The SMILES string of the molecule is O=C(c1cccnc1)N1CCN(c2nnc3ccc(Cl)cn23)CC1. The average molecular weight is 343 g/mol. The van der Waals surface area contributed by atoms with E-state index < -0.39 is 0 Å². The smallest absolute Gasteiger partial charge is 0.255 e. The summed E-state index contributed by atoms with van der Waals surface area (Å²) in [6, 6.07) is 7.19. The molecule has 1 aliphatic rings. The highest BCUT2D eigenvalue weighted by Gasteiger charge is 2.24. The summed E-state index contributed by atoms with van der Waals surface area (Å²) in [5.74, 6) is 0.762. The van der Waals surface area contributed by atoms with Crippen LogP contribution in [0.15, 0.2) is 42.9 Å². The van der Waals surface area contributed by atoms with Crippen molar-refractivity contribution in [1.29, 1.82) is 0 Å². The number of rotatable bonds is 2. The van der Waals surface area contributed by atoms with Crippen molar-refractivity contribution in [2.75, 3.05) is 31.1 Å². The van der Waals surface area contributed by atoms with Gasteiger partial charge in [-0.05, 0) is 24.3 Å². The maximum Gasteiger partial charge on any atom is 0.255 e. The molecule has 0 bridgehead atoms. The van der Waals surface area contributed by atoms with Gasteiger partial charge in [0.2, 0.25) is 5.95 Å². The minimum Gasteiger partial charge on any atom is -0.337 e. The standard InChI is InChI=1S/C16H15ClN6O/c17-13-3-4-14-19-20-16(23(14)11-13)22-8-6-21(7-9-22)15(24)12-2-1-5-18-10-12/h1-5,10-11H,6-9H2. The number of amides is 1. The monoisotopic (exact) mass is 342 g/mol. The normalized spacial score (nSPS) is 15.0. The van der Waals surface area contributed by atoms with Crippen LogP contribution in [0.4, 0.5) is 5.95 Å². The van der Waals surface area contributed by atoms with Gasteiger partial charge in [-0.3, -0.25) is 14.2 Å². The average Bonchev–Trinajstić information content (AvgIpc) is 3.05. The van der Waals surface area contributed by atoms with Gasteiger partial charge >= 0.3 is 0 Å². The predicted octanol–water partition coefficient (Wildman–Crippen LogP) is 1.74. The van der Waals surface area contributed by atoms with Crippen LogP contribution in [0.5, 0.6) is 0 Å². The highest BCUT2D eigenvalue weighted by atomic mass is 35.5. The third-order valence-corrected chi connectivity index (χ3v) is 4.33. The zero-order valence-corrected chi connectivity index (χ0v) is 13.6. The van der Waals surface area contributed by atoms with Crippen LogP contribution < -0.4 is 4.90 Å². The van der Waals surface area contributed by atoms with Crippen LogP contribution in [0.1, 0.15) is 10.4 Å². The second-order valence-corrected chi connectivity index (χ2v) is 6.03. The molecule has 0 aliphatic carbocycles. The first-order valence-corrected chi connectivity index (χ1v) is 8.05. The van der Waals surface area contributed by atoms with Crippen molar-refractivity contribution in [3.05, 3.63) is 53.4 Å². The highest BCUT2D eigenvalue weighted by molar-refractivity contribution is 6.30. The number of piperazine rings is 1. The van der Waals surface area contributed by atoms with E-state index in [2.05, 4.69) is 20.1 Å². The molecule has 0 atom stereocenters. The van der Waals surface area contributed by atoms with Gasteiger partial charge < -0.3 is 9.80 Å². The molecule has 8 heteroatoms. The lowest BCUT2D eigenvalue weighted by Gasteiger charge is -2.34. The van der Waals surface area contributed by atoms with E-state index in [9.17, 15) is 4.79 Å². The third kappa shape index (κ3) is 2.67. The molecule has 3 aromatic heterocycles. The van der Waals surface area contributed by atoms with E-state index >= 15 is 0 Å². The molecule has 0 spiro atoms. The van der Waals surface area contributed by atoms with E-state index in [1.807, 2.05) is 15.4 Å². The second-order valence-electron chi connectivity index (χ2n) is 5.60. The number of halogens is 1. The lowest BCUT2D eigenvalue weighted by atomic mass is 10.2. The summed E-state index contributed by atoms with van der Waals surface area (Å²) >= 11 is 6.07. The van der Waals surface area contributed by atoms with Crippen molar-refractivity contribution in [3.63, 3.8) is 0 Å². The Hall–Kier alpha value is -2.67. The van der Waals surface area contributed by atoms with Crippen molar-refractivity contribution in [2.24, 2.45) is 0 Å². The molecule has 24 heavy (non-hydrogen) atoms. The molecule has 4 heterocycles. The van der Waals surface area contributed by atoms with Gasteiger partial charge in [-0.15, -0.1) is 10.2 Å². The second kappa shape index (κ2) is 6.09. The van der Waals surface area contributed by atoms with E-state index in [1.165, 1.54) is 0 Å². The Morgan fingerprint density at radius 1 is 1.08 bits per heavy atom. The van der Waals surface area contributed by atoms with Crippen molar-refractivity contribution in [2.45, 2.75) is 0 Å². The topological polar surface area (TPSA) is 66.6 Å². The lowest BCUT2D eigenvalue weighted by Crippen LogP contribution is -2.49. The van der Waals surface area contributed by atoms with Crippen molar-refractivity contribution < 1.29 is 4.79 Å². The Morgan fingerprint density at radius 2 is 1.92 bits per heavy atom. The number of hydrogen-bond donors (Lipinski definition) is 0. The van der Waals surface area contributed by atoms with Crippen LogP contribution in [0, 0.1) is 0 Å². The van der Waals surface area contributed by atoms with Gasteiger partial charge in [-0.2, -0.15) is 0 Å². The van der Waals surface area contributed by atoms with Gasteiger partial charge in [-0.1, -0.05) is 11.6 Å². The van der Waals surface area contributed by atoms with Crippen LogP contribution in [-0.4, -0.2) is 56.6 Å². The first kappa shape index (κ1) is 14.9. The molecule has 4 rings (SSSR count). The molecule has 0 N–H and O–H groups in total. The molecule has 0 radical (unpaired) electrons. The molecule has 1 aliphatic heterocycles. The fourth-order valence-corrected chi connectivity index (χ4v) is 3.01. The van der Waals surface area contributed by atoms with E-state index in [0.29, 0.717) is 36.8 Å². The molecule has 0 saturated carbocycles. The number of anilines is 1. The quantitative estimate of drug-likeness (QED) is 0.709. The van der Waals surface area contributed by atoms with Crippen LogP contribution in [0.3, 0.4) is 0 Å². The molecule has 0 aromatic carbocycles. The van der Waals surface area contributed by atoms with E-state index in [4.69, 9.17) is 11.6 Å². The zero-order valence-electron chi connectivity index (χ0n) is 12.8. The molecule has 7 nitrogen and oxygen atoms in total. The Morgan fingerprint density at radius 3 is 2.67 bits per heavy atom. The summed E-state index contributed by atoms with van der Waals surface area (Å²) in [7, 11) is 0. The number of carbonyl (C=O) groups excluding carboxylic acids is 1. The molecular formula is C16H15ClN6O. The lowest BCUT2D eigenvalue weighted by molar-refractivity contribution is 0.0746. The van der Waals surface area contributed by atoms with Crippen LogP contribution >= 0.6 is 11.6 Å². The minimum absolute atomic E-state index is 0.0110. The summed E-state index contributed by atoms with van der Waals surface area (Å²) in [5, 5.41) is 9.05. The Kier molecular flexibility index (Phi) is 3.78. The summed E-state index contributed by atoms with van der Waals surface area (Å²) in [4.78, 5) is 20.4. The molecule has 1 saturated heterocycles. The fraction of sp³-hybridized carbons (Fsp3) is 0.250. The first-order valence-electron chi connectivity index (χ1n) is 7.67. The van der Waals surface area contributed by atoms with Gasteiger partial charge in [0.1, 0.15) is 0 Å². The number of pyridine rings is 2. The van der Waals surface area contributed by atoms with E-state index in [-0.39, 0.29) is 5.91 Å². The molecule has 122 valence electrons. The maximum absolute atomic E-state index is 12.5.